The van der Waals surface area contributed by atoms with E-state index in [0.717, 1.165) is 61.9 Å². The number of aliphatic imine (C=N–C) groups is 1. The lowest BCUT2D eigenvalue weighted by molar-refractivity contribution is 0.174. The molecule has 4 rings (SSSR count). The molecule has 2 aromatic rings. The lowest BCUT2D eigenvalue weighted by Gasteiger charge is -2.36. The molecule has 0 N–H and O–H groups in total. The predicted octanol–water partition coefficient (Wildman–Crippen LogP) is 4.45. The van der Waals surface area contributed by atoms with Crippen molar-refractivity contribution >= 4 is 46.5 Å². The third kappa shape index (κ3) is 3.93. The van der Waals surface area contributed by atoms with E-state index in [9.17, 15) is 0 Å². The van der Waals surface area contributed by atoms with Crippen molar-refractivity contribution in [2.75, 3.05) is 26.2 Å². The van der Waals surface area contributed by atoms with Gasteiger partial charge in [0.05, 0.1) is 0 Å². The summed E-state index contributed by atoms with van der Waals surface area (Å²) in [6, 6.07) is 9.56. The Hall–Kier alpha value is -1.33. The maximum Gasteiger partial charge on any atom is 0.159 e. The summed E-state index contributed by atoms with van der Waals surface area (Å²) in [5.41, 5.74) is 2.30. The summed E-state index contributed by atoms with van der Waals surface area (Å²) in [6.07, 6.45) is 0.837. The van der Waals surface area contributed by atoms with Crippen LogP contribution in [0, 0.1) is 0 Å². The Bertz CT molecular complexity index is 809. The standard InChI is InChI=1S/C18H17Cl3N4/c19-14-7-12(8-15(20)10-14)11-24-3-5-25(6-4-24)17-9-13-1-2-16(21)22-18(13)23-17/h1-2,7-8,10H,3-6,9,11H2. The van der Waals surface area contributed by atoms with Crippen LogP contribution in [0.15, 0.2) is 35.3 Å². The fourth-order valence-corrected chi connectivity index (χ4v) is 4.04. The SMILES string of the molecule is Clc1cc(Cl)cc(CN2CCN(C3=Nc4nc(Cl)ccc4C3)CC2)c1. The first-order valence-electron chi connectivity index (χ1n) is 8.22. The Morgan fingerprint density at radius 3 is 2.36 bits per heavy atom. The van der Waals surface area contributed by atoms with E-state index in [0.29, 0.717) is 15.2 Å². The van der Waals surface area contributed by atoms with Crippen molar-refractivity contribution in [3.8, 4) is 0 Å². The number of piperazine rings is 1. The fraction of sp³-hybridized carbons (Fsp3) is 0.333. The van der Waals surface area contributed by atoms with Crippen LogP contribution in [0.3, 0.4) is 0 Å². The van der Waals surface area contributed by atoms with Gasteiger partial charge in [-0.3, -0.25) is 4.90 Å². The third-order valence-corrected chi connectivity index (χ3v) is 5.22. The molecule has 1 aromatic carbocycles. The van der Waals surface area contributed by atoms with Gasteiger partial charge < -0.3 is 4.90 Å². The van der Waals surface area contributed by atoms with Crippen LogP contribution in [0.4, 0.5) is 5.82 Å². The van der Waals surface area contributed by atoms with Crippen molar-refractivity contribution in [2.24, 2.45) is 4.99 Å². The van der Waals surface area contributed by atoms with Crippen LogP contribution >= 0.6 is 34.8 Å². The summed E-state index contributed by atoms with van der Waals surface area (Å²) in [6.45, 7) is 4.73. The van der Waals surface area contributed by atoms with E-state index in [-0.39, 0.29) is 0 Å². The number of nitrogens with zero attached hydrogens (tertiary/aromatic N) is 4. The lowest BCUT2D eigenvalue weighted by atomic mass is 10.1. The molecule has 0 atom stereocenters. The molecule has 2 aliphatic rings. The molecular formula is C18H17Cl3N4. The van der Waals surface area contributed by atoms with Crippen molar-refractivity contribution in [3.05, 3.63) is 56.7 Å². The molecule has 0 saturated carbocycles. The lowest BCUT2D eigenvalue weighted by Crippen LogP contribution is -2.48. The summed E-state index contributed by atoms with van der Waals surface area (Å²) < 4.78 is 0. The molecule has 3 heterocycles. The number of benzene rings is 1. The molecule has 1 saturated heterocycles. The van der Waals surface area contributed by atoms with Gasteiger partial charge in [-0.15, -0.1) is 0 Å². The van der Waals surface area contributed by atoms with Crippen molar-refractivity contribution in [1.82, 2.24) is 14.8 Å². The van der Waals surface area contributed by atoms with Gasteiger partial charge in [0.25, 0.3) is 0 Å². The minimum absolute atomic E-state index is 0.494. The first-order valence-corrected chi connectivity index (χ1v) is 9.35. The quantitative estimate of drug-likeness (QED) is 0.704. The van der Waals surface area contributed by atoms with Crippen LogP contribution in [-0.4, -0.2) is 46.8 Å². The minimum Gasteiger partial charge on any atom is -0.357 e. The van der Waals surface area contributed by atoms with Gasteiger partial charge in [0.2, 0.25) is 0 Å². The third-order valence-electron chi connectivity index (χ3n) is 4.57. The Morgan fingerprint density at radius 2 is 1.64 bits per heavy atom. The van der Waals surface area contributed by atoms with Gasteiger partial charge in [0.1, 0.15) is 11.0 Å². The van der Waals surface area contributed by atoms with Crippen molar-refractivity contribution in [1.29, 1.82) is 0 Å². The summed E-state index contributed by atoms with van der Waals surface area (Å²) in [5.74, 6) is 1.86. The first kappa shape index (κ1) is 17.1. The van der Waals surface area contributed by atoms with Crippen LogP contribution in [-0.2, 0) is 13.0 Å². The molecule has 4 nitrogen and oxygen atoms in total. The molecule has 1 aromatic heterocycles. The van der Waals surface area contributed by atoms with Gasteiger partial charge in [0.15, 0.2) is 5.82 Å². The molecular weight excluding hydrogens is 379 g/mol. The Kier molecular flexibility index (Phi) is 4.87. The van der Waals surface area contributed by atoms with Gasteiger partial charge in [-0.25, -0.2) is 9.98 Å². The fourth-order valence-electron chi connectivity index (χ4n) is 3.33. The molecule has 0 unspecified atom stereocenters. The molecule has 0 spiro atoms. The van der Waals surface area contributed by atoms with Crippen LogP contribution < -0.4 is 0 Å². The number of rotatable bonds is 2. The van der Waals surface area contributed by atoms with Crippen LogP contribution in [0.25, 0.3) is 0 Å². The van der Waals surface area contributed by atoms with Crippen LogP contribution in [0.1, 0.15) is 11.1 Å². The van der Waals surface area contributed by atoms with Crippen LogP contribution in [0.5, 0.6) is 0 Å². The maximum absolute atomic E-state index is 6.09. The van der Waals surface area contributed by atoms with E-state index in [1.54, 1.807) is 6.07 Å². The van der Waals surface area contributed by atoms with Gasteiger partial charge >= 0.3 is 0 Å². The summed E-state index contributed by atoms with van der Waals surface area (Å²) >= 11 is 18.1. The molecule has 2 aliphatic heterocycles. The van der Waals surface area contributed by atoms with Gasteiger partial charge in [-0.05, 0) is 29.8 Å². The number of fused-ring (bicyclic) bond motifs is 1. The maximum atomic E-state index is 6.09. The van der Waals surface area contributed by atoms with Crippen LogP contribution in [0.2, 0.25) is 15.2 Å². The normalized spacial score (nSPS) is 17.6. The van der Waals surface area contributed by atoms with E-state index in [4.69, 9.17) is 34.8 Å². The molecule has 0 aliphatic carbocycles. The topological polar surface area (TPSA) is 31.7 Å². The highest BCUT2D eigenvalue weighted by Gasteiger charge is 2.24. The summed E-state index contributed by atoms with van der Waals surface area (Å²) in [5, 5.41) is 1.87. The zero-order chi connectivity index (χ0) is 17.4. The second kappa shape index (κ2) is 7.12. The Balaban J connectivity index is 1.37. The monoisotopic (exact) mass is 394 g/mol. The first-order chi connectivity index (χ1) is 12.1. The average Bonchev–Trinajstić information content (AvgIpc) is 2.97. The van der Waals surface area contributed by atoms with Gasteiger partial charge in [-0.1, -0.05) is 40.9 Å². The number of hydrogen-bond donors (Lipinski definition) is 0. The summed E-state index contributed by atoms with van der Waals surface area (Å²) in [4.78, 5) is 13.7. The second-order valence-corrected chi connectivity index (χ2v) is 7.62. The zero-order valence-corrected chi connectivity index (χ0v) is 15.8. The highest BCUT2D eigenvalue weighted by molar-refractivity contribution is 6.34. The van der Waals surface area contributed by atoms with Gasteiger partial charge in [0, 0.05) is 54.8 Å². The van der Waals surface area contributed by atoms with Crippen molar-refractivity contribution in [3.63, 3.8) is 0 Å². The molecule has 7 heteroatoms. The summed E-state index contributed by atoms with van der Waals surface area (Å²) in [7, 11) is 0. The van der Waals surface area contributed by atoms with Crippen molar-refractivity contribution in [2.45, 2.75) is 13.0 Å². The molecule has 0 radical (unpaired) electrons. The molecule has 1 fully saturated rings. The number of pyridine rings is 1. The van der Waals surface area contributed by atoms with E-state index < -0.39 is 0 Å². The number of amidine groups is 1. The predicted molar refractivity (Wildman–Crippen MR) is 103 cm³/mol. The number of aromatic nitrogens is 1. The zero-order valence-electron chi connectivity index (χ0n) is 13.6. The highest BCUT2D eigenvalue weighted by Crippen LogP contribution is 2.27. The van der Waals surface area contributed by atoms with E-state index in [1.807, 2.05) is 24.3 Å². The highest BCUT2D eigenvalue weighted by atomic mass is 35.5. The van der Waals surface area contributed by atoms with E-state index in [1.165, 1.54) is 0 Å². The second-order valence-electron chi connectivity index (χ2n) is 6.36. The largest absolute Gasteiger partial charge is 0.357 e. The number of halogens is 3. The molecule has 130 valence electrons. The minimum atomic E-state index is 0.494. The molecule has 0 amide bonds. The van der Waals surface area contributed by atoms with E-state index in [2.05, 4.69) is 19.8 Å². The van der Waals surface area contributed by atoms with E-state index >= 15 is 0 Å². The van der Waals surface area contributed by atoms with Gasteiger partial charge in [-0.2, -0.15) is 0 Å². The number of hydrogen-bond acceptors (Lipinski definition) is 4. The van der Waals surface area contributed by atoms with Crippen molar-refractivity contribution < 1.29 is 0 Å². The molecule has 0 bridgehead atoms. The Morgan fingerprint density at radius 1 is 0.920 bits per heavy atom. The Labute approximate surface area is 162 Å². The molecule has 25 heavy (non-hydrogen) atoms. The average molecular weight is 396 g/mol. The smallest absolute Gasteiger partial charge is 0.159 e.